The molecule has 0 aromatic carbocycles. The van der Waals surface area contributed by atoms with Crippen molar-refractivity contribution >= 4 is 27.3 Å². The van der Waals surface area contributed by atoms with Crippen LogP contribution >= 0.6 is 11.3 Å². The van der Waals surface area contributed by atoms with E-state index >= 15 is 0 Å². The monoisotopic (exact) mass is 325 g/mol. The highest BCUT2D eigenvalue weighted by Gasteiger charge is 2.26. The average Bonchev–Trinajstić information content (AvgIpc) is 3.19. The fourth-order valence-corrected chi connectivity index (χ4v) is 4.67. The molecule has 0 unspecified atom stereocenters. The largest absolute Gasteiger partial charge is 0.309 e. The summed E-state index contributed by atoms with van der Waals surface area (Å²) < 4.78 is 27.4. The Morgan fingerprint density at radius 3 is 2.86 bits per heavy atom. The zero-order chi connectivity index (χ0) is 14.9. The Hall–Kier alpha value is -1.58. The Bertz CT molecular complexity index is 725. The second-order valence-corrected chi connectivity index (χ2v) is 7.48. The molecular formula is C12H15N5O2S2. The van der Waals surface area contributed by atoms with Crippen molar-refractivity contribution in [2.75, 3.05) is 4.72 Å². The molecule has 1 aliphatic carbocycles. The molecule has 9 heteroatoms. The summed E-state index contributed by atoms with van der Waals surface area (Å²) in [6.45, 7) is 2.35. The highest BCUT2D eigenvalue weighted by molar-refractivity contribution is 7.93. The predicted octanol–water partition coefficient (Wildman–Crippen LogP) is 1.29. The van der Waals surface area contributed by atoms with Crippen LogP contribution in [0.25, 0.3) is 0 Å². The number of nitrogens with zero attached hydrogens (tertiary/aromatic N) is 3. The van der Waals surface area contributed by atoms with Gasteiger partial charge in [-0.2, -0.15) is 5.10 Å². The van der Waals surface area contributed by atoms with Crippen LogP contribution in [0.15, 0.2) is 22.7 Å². The van der Waals surface area contributed by atoms with Crippen molar-refractivity contribution in [3.63, 3.8) is 0 Å². The molecule has 3 rings (SSSR count). The third-order valence-electron chi connectivity index (χ3n) is 3.10. The quantitative estimate of drug-likeness (QED) is 0.831. The molecule has 0 spiro atoms. The Kier molecular flexibility index (Phi) is 3.87. The summed E-state index contributed by atoms with van der Waals surface area (Å²) in [5.41, 5.74) is 0.726. The van der Waals surface area contributed by atoms with E-state index in [-0.39, 0.29) is 5.95 Å². The number of rotatable bonds is 6. The molecule has 7 nitrogen and oxygen atoms in total. The van der Waals surface area contributed by atoms with Crippen molar-refractivity contribution in [3.8, 4) is 0 Å². The molecule has 112 valence electrons. The number of aryl methyl sites for hydroxylation is 1. The minimum Gasteiger partial charge on any atom is -0.309 e. The maximum Gasteiger partial charge on any atom is 0.265 e. The Labute approximate surface area is 126 Å². The van der Waals surface area contributed by atoms with Gasteiger partial charge in [0.2, 0.25) is 0 Å². The predicted molar refractivity (Wildman–Crippen MR) is 79.6 cm³/mol. The standard InChI is InChI=1S/C12H15N5O2S2/c1-8-7-20-10(6-14-9-2-3-9)11(8)21(18,19)17-12-13-4-5-15-16-12/h4-5,7,9,14H,2-3,6H2,1H3,(H,13,16,17). The van der Waals surface area contributed by atoms with Crippen LogP contribution in [0.4, 0.5) is 5.95 Å². The lowest BCUT2D eigenvalue weighted by Crippen LogP contribution is -2.20. The lowest BCUT2D eigenvalue weighted by Gasteiger charge is -2.09. The first-order chi connectivity index (χ1) is 10.1. The lowest BCUT2D eigenvalue weighted by molar-refractivity contribution is 0.597. The highest BCUT2D eigenvalue weighted by Crippen LogP contribution is 2.29. The van der Waals surface area contributed by atoms with Gasteiger partial charge in [-0.3, -0.25) is 0 Å². The summed E-state index contributed by atoms with van der Waals surface area (Å²) >= 11 is 1.45. The number of anilines is 1. The van der Waals surface area contributed by atoms with Crippen molar-refractivity contribution in [2.24, 2.45) is 0 Å². The van der Waals surface area contributed by atoms with E-state index in [0.717, 1.165) is 23.3 Å². The van der Waals surface area contributed by atoms with Gasteiger partial charge < -0.3 is 5.32 Å². The summed E-state index contributed by atoms with van der Waals surface area (Å²) in [4.78, 5) is 4.96. The molecule has 2 aromatic rings. The fraction of sp³-hybridized carbons (Fsp3) is 0.417. The zero-order valence-corrected chi connectivity index (χ0v) is 13.0. The van der Waals surface area contributed by atoms with Gasteiger partial charge >= 0.3 is 0 Å². The maximum absolute atomic E-state index is 12.5. The Morgan fingerprint density at radius 1 is 1.38 bits per heavy atom. The van der Waals surface area contributed by atoms with E-state index in [0.29, 0.717) is 17.5 Å². The SMILES string of the molecule is Cc1csc(CNC2CC2)c1S(=O)(=O)Nc1nccnn1. The van der Waals surface area contributed by atoms with E-state index in [9.17, 15) is 8.42 Å². The molecule has 0 aliphatic heterocycles. The summed E-state index contributed by atoms with van der Waals surface area (Å²) in [5, 5.41) is 12.5. The molecule has 0 bridgehead atoms. The second-order valence-electron chi connectivity index (χ2n) is 4.90. The van der Waals surface area contributed by atoms with Crippen LogP contribution in [0.1, 0.15) is 23.3 Å². The van der Waals surface area contributed by atoms with Gasteiger partial charge in [0.15, 0.2) is 0 Å². The van der Waals surface area contributed by atoms with Crippen molar-refractivity contribution in [2.45, 2.75) is 37.2 Å². The zero-order valence-electron chi connectivity index (χ0n) is 11.4. The molecule has 1 saturated carbocycles. The third-order valence-corrected chi connectivity index (χ3v) is 5.89. The molecular weight excluding hydrogens is 310 g/mol. The number of sulfonamides is 1. The van der Waals surface area contributed by atoms with Gasteiger partial charge in [-0.1, -0.05) is 0 Å². The molecule has 2 aromatic heterocycles. The number of thiophene rings is 1. The first-order valence-electron chi connectivity index (χ1n) is 6.53. The molecule has 0 radical (unpaired) electrons. The summed E-state index contributed by atoms with van der Waals surface area (Å²) in [6, 6.07) is 0.526. The van der Waals surface area contributed by atoms with Crippen LogP contribution < -0.4 is 10.0 Å². The van der Waals surface area contributed by atoms with Crippen LogP contribution in [0.5, 0.6) is 0 Å². The van der Waals surface area contributed by atoms with E-state index < -0.39 is 10.0 Å². The van der Waals surface area contributed by atoms with Crippen LogP contribution in [0.3, 0.4) is 0 Å². The third kappa shape index (κ3) is 3.36. The van der Waals surface area contributed by atoms with Gasteiger partial charge in [-0.25, -0.2) is 18.1 Å². The number of aromatic nitrogens is 3. The second kappa shape index (κ2) is 5.66. The first-order valence-corrected chi connectivity index (χ1v) is 8.89. The molecule has 0 saturated heterocycles. The Morgan fingerprint density at radius 2 is 2.19 bits per heavy atom. The number of hydrogen-bond acceptors (Lipinski definition) is 7. The summed E-state index contributed by atoms with van der Waals surface area (Å²) in [7, 11) is -3.70. The molecule has 1 aliphatic rings. The van der Waals surface area contributed by atoms with Gasteiger partial charge in [-0.05, 0) is 30.7 Å². The summed E-state index contributed by atoms with van der Waals surface area (Å²) in [6.07, 6.45) is 5.10. The summed E-state index contributed by atoms with van der Waals surface area (Å²) in [5.74, 6) is -0.0239. The molecule has 2 N–H and O–H groups in total. The van der Waals surface area contributed by atoms with Crippen LogP contribution in [0.2, 0.25) is 0 Å². The molecule has 0 amide bonds. The van der Waals surface area contributed by atoms with Gasteiger partial charge in [0.1, 0.15) is 4.90 Å². The van der Waals surface area contributed by atoms with Crippen LogP contribution in [-0.2, 0) is 16.6 Å². The highest BCUT2D eigenvalue weighted by atomic mass is 32.2. The van der Waals surface area contributed by atoms with Gasteiger partial charge in [0.25, 0.3) is 16.0 Å². The molecule has 2 heterocycles. The molecule has 0 atom stereocenters. The number of nitrogens with one attached hydrogen (secondary N) is 2. The van der Waals surface area contributed by atoms with Gasteiger partial charge in [-0.15, -0.1) is 16.4 Å². The van der Waals surface area contributed by atoms with Crippen molar-refractivity contribution < 1.29 is 8.42 Å². The average molecular weight is 325 g/mol. The number of hydrogen-bond donors (Lipinski definition) is 2. The molecule has 1 fully saturated rings. The van der Waals surface area contributed by atoms with E-state index in [1.165, 1.54) is 23.7 Å². The van der Waals surface area contributed by atoms with E-state index in [4.69, 9.17) is 0 Å². The van der Waals surface area contributed by atoms with Crippen LogP contribution in [-0.4, -0.2) is 29.6 Å². The van der Waals surface area contributed by atoms with Gasteiger partial charge in [0, 0.05) is 17.5 Å². The fourth-order valence-electron chi connectivity index (χ4n) is 1.96. The first kappa shape index (κ1) is 14.4. The van der Waals surface area contributed by atoms with E-state index in [1.807, 2.05) is 5.38 Å². The Balaban J connectivity index is 1.85. The van der Waals surface area contributed by atoms with E-state index in [2.05, 4.69) is 25.2 Å². The molecule has 21 heavy (non-hydrogen) atoms. The van der Waals surface area contributed by atoms with Crippen molar-refractivity contribution in [1.82, 2.24) is 20.5 Å². The normalized spacial score (nSPS) is 15.1. The van der Waals surface area contributed by atoms with Crippen LogP contribution in [0, 0.1) is 6.92 Å². The minimum absolute atomic E-state index is 0.0239. The van der Waals surface area contributed by atoms with E-state index in [1.54, 1.807) is 6.92 Å². The van der Waals surface area contributed by atoms with Crippen molar-refractivity contribution in [1.29, 1.82) is 0 Å². The smallest absolute Gasteiger partial charge is 0.265 e. The lowest BCUT2D eigenvalue weighted by atomic mass is 10.3. The van der Waals surface area contributed by atoms with Crippen molar-refractivity contribution in [3.05, 3.63) is 28.2 Å². The van der Waals surface area contributed by atoms with Gasteiger partial charge in [0.05, 0.1) is 12.4 Å². The topological polar surface area (TPSA) is 96.9 Å². The minimum atomic E-state index is -3.70. The maximum atomic E-state index is 12.5.